The number of esters is 4. The van der Waals surface area contributed by atoms with Crippen molar-refractivity contribution in [2.75, 3.05) is 26.4 Å². The molecule has 0 aliphatic heterocycles. The zero-order chi connectivity index (χ0) is 30.4. The summed E-state index contributed by atoms with van der Waals surface area (Å²) in [4.78, 5) is 53.6. The highest BCUT2D eigenvalue weighted by Gasteiger charge is 2.62. The second-order valence-corrected chi connectivity index (χ2v) is 15.8. The van der Waals surface area contributed by atoms with E-state index in [-0.39, 0.29) is 63.9 Å². The van der Waals surface area contributed by atoms with Crippen molar-refractivity contribution in [3.05, 3.63) is 53.8 Å². The van der Waals surface area contributed by atoms with E-state index < -0.39 is 42.8 Å². The third-order valence-electron chi connectivity index (χ3n) is 8.39. The molecule has 0 heterocycles. The van der Waals surface area contributed by atoms with Crippen molar-refractivity contribution >= 4 is 37.1 Å². The minimum atomic E-state index is -2.21. The molecule has 0 bridgehead atoms. The Bertz CT molecular complexity index is 1150. The minimum absolute atomic E-state index is 0.0877. The topological polar surface area (TPSA) is 105 Å². The van der Waals surface area contributed by atoms with Gasteiger partial charge >= 0.3 is 23.9 Å². The molecule has 3 rings (SSSR count). The first-order valence-corrected chi connectivity index (χ1v) is 17.6. The van der Waals surface area contributed by atoms with E-state index in [1.54, 1.807) is 27.7 Å². The average molecular weight is 585 g/mol. The van der Waals surface area contributed by atoms with Gasteiger partial charge in [0.25, 0.3) is 0 Å². The van der Waals surface area contributed by atoms with Crippen molar-refractivity contribution in [2.45, 2.75) is 66.5 Å². The SMILES string of the molecule is C=C1CC(C(=O)OCC)(C(=O)OCC)C[C@H]1[C@H]1CC(C(=O)OCC)(C(=O)OCC)C/C1=C/[Si](C)(C)c1ccccc1. The van der Waals surface area contributed by atoms with E-state index in [9.17, 15) is 19.2 Å². The van der Waals surface area contributed by atoms with Gasteiger partial charge in [0.15, 0.2) is 10.8 Å². The molecule has 0 spiro atoms. The Morgan fingerprint density at radius 1 is 0.756 bits per heavy atom. The van der Waals surface area contributed by atoms with Crippen LogP contribution >= 0.6 is 0 Å². The Labute approximate surface area is 244 Å². The number of carbonyl (C=O) groups is 4. The van der Waals surface area contributed by atoms with E-state index in [1.807, 2.05) is 18.2 Å². The molecule has 8 nitrogen and oxygen atoms in total. The summed E-state index contributed by atoms with van der Waals surface area (Å²) in [5.41, 5.74) is 0.828. The lowest BCUT2D eigenvalue weighted by atomic mass is 9.78. The third-order valence-corrected chi connectivity index (χ3v) is 11.3. The fraction of sp³-hybridized carbons (Fsp3) is 0.562. The molecule has 1 aromatic rings. The molecule has 1 aromatic carbocycles. The molecule has 41 heavy (non-hydrogen) atoms. The number of ether oxygens (including phenoxy) is 4. The predicted octanol–water partition coefficient (Wildman–Crippen LogP) is 4.67. The molecule has 2 saturated carbocycles. The Morgan fingerprint density at radius 2 is 1.17 bits per heavy atom. The van der Waals surface area contributed by atoms with Gasteiger partial charge in [0, 0.05) is 0 Å². The van der Waals surface area contributed by atoms with Gasteiger partial charge in [-0.2, -0.15) is 0 Å². The Hall–Kier alpha value is -3.20. The van der Waals surface area contributed by atoms with Crippen molar-refractivity contribution in [1.29, 1.82) is 0 Å². The number of benzene rings is 1. The van der Waals surface area contributed by atoms with Crippen LogP contribution in [-0.4, -0.2) is 58.4 Å². The first-order valence-electron chi connectivity index (χ1n) is 14.6. The van der Waals surface area contributed by atoms with Crippen LogP contribution in [0.1, 0.15) is 53.4 Å². The maximum atomic E-state index is 13.5. The normalized spacial score (nSPS) is 22.3. The highest BCUT2D eigenvalue weighted by atomic mass is 28.3. The van der Waals surface area contributed by atoms with E-state index in [0.717, 1.165) is 5.57 Å². The van der Waals surface area contributed by atoms with Crippen molar-refractivity contribution in [1.82, 2.24) is 0 Å². The number of rotatable bonds is 11. The van der Waals surface area contributed by atoms with E-state index in [0.29, 0.717) is 5.57 Å². The molecule has 2 aliphatic rings. The van der Waals surface area contributed by atoms with E-state index in [1.165, 1.54) is 5.19 Å². The van der Waals surface area contributed by atoms with Crippen LogP contribution in [0.2, 0.25) is 13.1 Å². The van der Waals surface area contributed by atoms with Crippen LogP contribution in [0.3, 0.4) is 0 Å². The van der Waals surface area contributed by atoms with Crippen molar-refractivity contribution < 1.29 is 38.1 Å². The van der Waals surface area contributed by atoms with Gasteiger partial charge in [-0.1, -0.05) is 72.0 Å². The summed E-state index contributed by atoms with van der Waals surface area (Å²) in [7, 11) is -2.21. The summed E-state index contributed by atoms with van der Waals surface area (Å²) < 4.78 is 21.6. The van der Waals surface area contributed by atoms with Crippen molar-refractivity contribution in [3.63, 3.8) is 0 Å². The number of hydrogen-bond donors (Lipinski definition) is 0. The van der Waals surface area contributed by atoms with E-state index >= 15 is 0 Å². The van der Waals surface area contributed by atoms with Gasteiger partial charge < -0.3 is 18.9 Å². The minimum Gasteiger partial charge on any atom is -0.465 e. The summed E-state index contributed by atoms with van der Waals surface area (Å²) in [5.74, 6) is -3.19. The molecule has 2 atom stereocenters. The maximum absolute atomic E-state index is 13.5. The molecule has 0 radical (unpaired) electrons. The Balaban J connectivity index is 2.16. The van der Waals surface area contributed by atoms with Crippen LogP contribution in [0.5, 0.6) is 0 Å². The van der Waals surface area contributed by atoms with Crippen LogP contribution in [-0.2, 0) is 38.1 Å². The lowest BCUT2D eigenvalue weighted by Crippen LogP contribution is -2.41. The number of carbonyl (C=O) groups excluding carboxylic acids is 4. The van der Waals surface area contributed by atoms with Crippen molar-refractivity contribution in [3.8, 4) is 0 Å². The molecular formula is C32H44O8Si. The third kappa shape index (κ3) is 6.35. The van der Waals surface area contributed by atoms with Gasteiger partial charge in [0.2, 0.25) is 0 Å². The van der Waals surface area contributed by atoms with Gasteiger partial charge in [0.1, 0.15) is 8.07 Å². The summed E-state index contributed by atoms with van der Waals surface area (Å²) in [6.45, 7) is 16.0. The van der Waals surface area contributed by atoms with Gasteiger partial charge in [0.05, 0.1) is 26.4 Å². The van der Waals surface area contributed by atoms with Crippen molar-refractivity contribution in [2.24, 2.45) is 22.7 Å². The fourth-order valence-electron chi connectivity index (χ4n) is 6.43. The smallest absolute Gasteiger partial charge is 0.323 e. The molecule has 0 aromatic heterocycles. The Kier molecular flexibility index (Phi) is 10.4. The fourth-order valence-corrected chi connectivity index (χ4v) is 8.90. The summed E-state index contributed by atoms with van der Waals surface area (Å²) in [6.07, 6.45) is 0.500. The van der Waals surface area contributed by atoms with Crippen LogP contribution < -0.4 is 5.19 Å². The standard InChI is InChI=1S/C32H44O8Si/c1-8-37-27(33)31(28(34)38-9-2)17-22(5)25(19-31)26-20-32(29(35)39-10-3,30(36)40-11-4)18-23(26)21-41(6,7)24-15-13-12-14-16-24/h12-16,21,25-26H,5,8-11,17-20H2,1-4,6-7H3/b23-21-/t25-,26+/m1/s1. The quantitative estimate of drug-likeness (QED) is 0.122. The first kappa shape index (κ1) is 32.3. The zero-order valence-electron chi connectivity index (χ0n) is 25.2. The molecule has 2 aliphatic carbocycles. The Morgan fingerprint density at radius 3 is 1.61 bits per heavy atom. The summed E-state index contributed by atoms with van der Waals surface area (Å²) in [5, 5.41) is 1.20. The van der Waals surface area contributed by atoms with Gasteiger partial charge in [-0.25, -0.2) is 0 Å². The zero-order valence-corrected chi connectivity index (χ0v) is 26.2. The van der Waals surface area contributed by atoms with Crippen LogP contribution in [0, 0.1) is 22.7 Å². The highest BCUT2D eigenvalue weighted by Crippen LogP contribution is 2.58. The molecular weight excluding hydrogens is 540 g/mol. The largest absolute Gasteiger partial charge is 0.465 e. The molecule has 2 fully saturated rings. The van der Waals surface area contributed by atoms with Gasteiger partial charge in [-0.15, -0.1) is 0 Å². The molecule has 0 N–H and O–H groups in total. The lowest BCUT2D eigenvalue weighted by molar-refractivity contribution is -0.174. The van der Waals surface area contributed by atoms with E-state index in [2.05, 4.69) is 37.5 Å². The molecule has 9 heteroatoms. The van der Waals surface area contributed by atoms with Crippen LogP contribution in [0.25, 0.3) is 0 Å². The first-order chi connectivity index (χ1) is 19.4. The maximum Gasteiger partial charge on any atom is 0.323 e. The van der Waals surface area contributed by atoms with Gasteiger partial charge in [-0.05, 0) is 65.2 Å². The second kappa shape index (κ2) is 13.2. The molecule has 0 amide bonds. The van der Waals surface area contributed by atoms with Crippen LogP contribution in [0.4, 0.5) is 0 Å². The average Bonchev–Trinajstić information content (AvgIpc) is 3.49. The second-order valence-electron chi connectivity index (χ2n) is 11.5. The number of allylic oxidation sites excluding steroid dienone is 2. The lowest BCUT2D eigenvalue weighted by Gasteiger charge is -2.28. The van der Waals surface area contributed by atoms with Gasteiger partial charge in [-0.3, -0.25) is 19.2 Å². The summed E-state index contributed by atoms with van der Waals surface area (Å²) >= 11 is 0. The van der Waals surface area contributed by atoms with E-state index in [4.69, 9.17) is 18.9 Å². The highest BCUT2D eigenvalue weighted by molar-refractivity contribution is 6.94. The predicted molar refractivity (Wildman–Crippen MR) is 158 cm³/mol. The molecule has 224 valence electrons. The monoisotopic (exact) mass is 584 g/mol. The van der Waals surface area contributed by atoms with Crippen LogP contribution in [0.15, 0.2) is 53.8 Å². The molecule has 0 unspecified atom stereocenters. The summed E-state index contributed by atoms with van der Waals surface area (Å²) in [6, 6.07) is 10.2. The molecule has 0 saturated heterocycles. The number of hydrogen-bond acceptors (Lipinski definition) is 8.